The van der Waals surface area contributed by atoms with E-state index in [0.717, 1.165) is 15.8 Å². The first-order chi connectivity index (χ1) is 11.1. The van der Waals surface area contributed by atoms with Crippen LogP contribution in [0.3, 0.4) is 0 Å². The summed E-state index contributed by atoms with van der Waals surface area (Å²) in [6.45, 7) is 1.84. The smallest absolute Gasteiger partial charge is 0.234 e. The normalized spacial score (nSPS) is 10.9. The summed E-state index contributed by atoms with van der Waals surface area (Å²) in [5.74, 6) is 1.20. The highest BCUT2D eigenvalue weighted by Crippen LogP contribution is 2.27. The Morgan fingerprint density at radius 3 is 2.96 bits per heavy atom. The molecule has 7 nitrogen and oxygen atoms in total. The summed E-state index contributed by atoms with van der Waals surface area (Å²) in [6.07, 6.45) is 0.871. The molecule has 0 spiro atoms. The molecule has 1 aromatic carbocycles. The molecule has 2 aromatic heterocycles. The molecule has 0 aliphatic heterocycles. The summed E-state index contributed by atoms with van der Waals surface area (Å²) in [6, 6.07) is 5.11. The molecule has 0 unspecified atom stereocenters. The van der Waals surface area contributed by atoms with Crippen molar-refractivity contribution in [2.45, 2.75) is 19.8 Å². The minimum atomic E-state index is -0.103. The molecule has 0 atom stereocenters. The van der Waals surface area contributed by atoms with Crippen molar-refractivity contribution in [3.05, 3.63) is 34.1 Å². The van der Waals surface area contributed by atoms with Gasteiger partial charge in [0, 0.05) is 18.5 Å². The minimum Gasteiger partial charge on any atom is -0.495 e. The maximum absolute atomic E-state index is 12.0. The van der Waals surface area contributed by atoms with E-state index < -0.39 is 0 Å². The number of halogens is 1. The molecule has 2 heterocycles. The molecule has 0 aliphatic rings. The molecule has 0 aliphatic carbocycles. The maximum atomic E-state index is 12.0. The van der Waals surface area contributed by atoms with E-state index in [1.54, 1.807) is 29.8 Å². The minimum absolute atomic E-state index is 0.103. The number of benzene rings is 1. The second kappa shape index (κ2) is 6.51. The molecule has 3 aromatic rings. The number of fused-ring (bicyclic) bond motifs is 1. The summed E-state index contributed by atoms with van der Waals surface area (Å²) < 4.78 is 6.76. The standard InChI is InChI=1S/C14H14ClN5O2S/c1-8-17-18-14-20(8)19-13(23-14)6-5-12(21)16-9-3-4-11(22-2)10(15)7-9/h3-4,7H,5-6H2,1-2H3,(H,16,21). The quantitative estimate of drug-likeness (QED) is 0.764. The average Bonchev–Trinajstić information content (AvgIpc) is 3.08. The molecule has 0 saturated heterocycles. The molecule has 1 amide bonds. The molecule has 120 valence electrons. The van der Waals surface area contributed by atoms with Crippen LogP contribution in [0, 0.1) is 6.92 Å². The molecule has 0 radical (unpaired) electrons. The largest absolute Gasteiger partial charge is 0.495 e. The second-order valence-electron chi connectivity index (χ2n) is 4.83. The van der Waals surface area contributed by atoms with Crippen molar-refractivity contribution in [3.8, 4) is 5.75 Å². The number of methoxy groups -OCH3 is 1. The number of aryl methyl sites for hydroxylation is 2. The number of ether oxygens (including phenoxy) is 1. The van der Waals surface area contributed by atoms with Crippen molar-refractivity contribution in [2.24, 2.45) is 0 Å². The topological polar surface area (TPSA) is 81.4 Å². The lowest BCUT2D eigenvalue weighted by molar-refractivity contribution is -0.116. The average molecular weight is 352 g/mol. The number of nitrogens with one attached hydrogen (secondary N) is 1. The van der Waals surface area contributed by atoms with Crippen LogP contribution in [0.1, 0.15) is 17.3 Å². The van der Waals surface area contributed by atoms with Gasteiger partial charge in [0.15, 0.2) is 5.82 Å². The van der Waals surface area contributed by atoms with E-state index in [0.29, 0.717) is 29.3 Å². The van der Waals surface area contributed by atoms with Gasteiger partial charge in [-0.2, -0.15) is 9.61 Å². The van der Waals surface area contributed by atoms with Gasteiger partial charge in [-0.1, -0.05) is 22.9 Å². The highest BCUT2D eigenvalue weighted by Gasteiger charge is 2.11. The number of hydrogen-bond acceptors (Lipinski definition) is 6. The SMILES string of the molecule is COc1ccc(NC(=O)CCc2nn3c(C)nnc3s2)cc1Cl. The highest BCUT2D eigenvalue weighted by atomic mass is 35.5. The van der Waals surface area contributed by atoms with Gasteiger partial charge in [-0.05, 0) is 25.1 Å². The van der Waals surface area contributed by atoms with Crippen LogP contribution in [0.25, 0.3) is 4.96 Å². The third-order valence-corrected chi connectivity index (χ3v) is 4.44. The van der Waals surface area contributed by atoms with Crippen LogP contribution in [0.2, 0.25) is 5.02 Å². The van der Waals surface area contributed by atoms with E-state index in [-0.39, 0.29) is 5.91 Å². The number of rotatable bonds is 5. The zero-order valence-electron chi connectivity index (χ0n) is 12.5. The number of carbonyl (C=O) groups is 1. The van der Waals surface area contributed by atoms with Crippen LogP contribution in [0.15, 0.2) is 18.2 Å². The van der Waals surface area contributed by atoms with Gasteiger partial charge in [0.25, 0.3) is 0 Å². The van der Waals surface area contributed by atoms with Gasteiger partial charge in [-0.15, -0.1) is 10.2 Å². The van der Waals surface area contributed by atoms with Gasteiger partial charge in [-0.25, -0.2) is 0 Å². The van der Waals surface area contributed by atoms with Crippen molar-refractivity contribution in [1.29, 1.82) is 0 Å². The monoisotopic (exact) mass is 351 g/mol. The van der Waals surface area contributed by atoms with Crippen LogP contribution in [0.5, 0.6) is 5.75 Å². The van der Waals surface area contributed by atoms with E-state index in [1.165, 1.54) is 11.3 Å². The highest BCUT2D eigenvalue weighted by molar-refractivity contribution is 7.16. The Morgan fingerprint density at radius 2 is 2.26 bits per heavy atom. The first kappa shape index (κ1) is 15.7. The third-order valence-electron chi connectivity index (χ3n) is 3.19. The van der Waals surface area contributed by atoms with Crippen molar-refractivity contribution in [1.82, 2.24) is 19.8 Å². The van der Waals surface area contributed by atoms with E-state index in [2.05, 4.69) is 20.6 Å². The molecule has 0 fully saturated rings. The Hall–Kier alpha value is -2.19. The van der Waals surface area contributed by atoms with E-state index in [4.69, 9.17) is 16.3 Å². The molecule has 1 N–H and O–H groups in total. The van der Waals surface area contributed by atoms with Crippen molar-refractivity contribution in [3.63, 3.8) is 0 Å². The Balaban J connectivity index is 1.59. The maximum Gasteiger partial charge on any atom is 0.234 e. The van der Waals surface area contributed by atoms with Crippen molar-refractivity contribution in [2.75, 3.05) is 12.4 Å². The predicted octanol–water partition coefficient (Wildman–Crippen LogP) is 2.73. The number of hydrogen-bond donors (Lipinski definition) is 1. The molecule has 9 heteroatoms. The fraction of sp³-hybridized carbons (Fsp3) is 0.286. The van der Waals surface area contributed by atoms with Gasteiger partial charge in [0.05, 0.1) is 12.1 Å². The van der Waals surface area contributed by atoms with Crippen molar-refractivity contribution >= 4 is 39.5 Å². The number of aromatic nitrogens is 4. The molecular weight excluding hydrogens is 338 g/mol. The lowest BCUT2D eigenvalue weighted by Crippen LogP contribution is -2.12. The molecule has 0 bridgehead atoms. The predicted molar refractivity (Wildman–Crippen MR) is 88.4 cm³/mol. The van der Waals surface area contributed by atoms with Gasteiger partial charge >= 0.3 is 0 Å². The van der Waals surface area contributed by atoms with Crippen molar-refractivity contribution < 1.29 is 9.53 Å². The molecule has 0 saturated carbocycles. The number of carbonyl (C=O) groups excluding carboxylic acids is 1. The summed E-state index contributed by atoms with van der Waals surface area (Å²) in [4.78, 5) is 12.8. The van der Waals surface area contributed by atoms with E-state index >= 15 is 0 Å². The Kier molecular flexibility index (Phi) is 4.44. The summed E-state index contributed by atoms with van der Waals surface area (Å²) in [5.41, 5.74) is 0.634. The van der Waals surface area contributed by atoms with Gasteiger partial charge in [0.1, 0.15) is 10.8 Å². The lowest BCUT2D eigenvalue weighted by atomic mass is 10.2. The zero-order valence-corrected chi connectivity index (χ0v) is 14.1. The Labute approximate surface area is 141 Å². The van der Waals surface area contributed by atoms with Crippen LogP contribution in [-0.4, -0.2) is 32.8 Å². The summed E-state index contributed by atoms with van der Waals surface area (Å²) in [7, 11) is 1.54. The van der Waals surface area contributed by atoms with E-state index in [9.17, 15) is 4.79 Å². The van der Waals surface area contributed by atoms with Gasteiger partial charge in [-0.3, -0.25) is 4.79 Å². The number of anilines is 1. The number of amides is 1. The van der Waals surface area contributed by atoms with Gasteiger partial charge in [0.2, 0.25) is 10.9 Å². The molecule has 23 heavy (non-hydrogen) atoms. The van der Waals surface area contributed by atoms with E-state index in [1.807, 2.05) is 6.92 Å². The van der Waals surface area contributed by atoms with Gasteiger partial charge < -0.3 is 10.1 Å². The summed E-state index contributed by atoms with van der Waals surface area (Å²) in [5, 5.41) is 16.4. The number of nitrogens with zero attached hydrogens (tertiary/aromatic N) is 4. The third kappa shape index (κ3) is 3.43. The fourth-order valence-electron chi connectivity index (χ4n) is 2.04. The lowest BCUT2D eigenvalue weighted by Gasteiger charge is -2.07. The first-order valence-electron chi connectivity index (χ1n) is 6.88. The van der Waals surface area contributed by atoms with Crippen LogP contribution < -0.4 is 10.1 Å². The fourth-order valence-corrected chi connectivity index (χ4v) is 3.18. The molecule has 3 rings (SSSR count). The van der Waals surface area contributed by atoms with Crippen LogP contribution in [0.4, 0.5) is 5.69 Å². The van der Waals surface area contributed by atoms with Crippen LogP contribution in [-0.2, 0) is 11.2 Å². The summed E-state index contributed by atoms with van der Waals surface area (Å²) >= 11 is 7.47. The Bertz CT molecular complexity index is 860. The second-order valence-corrected chi connectivity index (χ2v) is 6.28. The zero-order chi connectivity index (χ0) is 16.4. The molecular formula is C14H14ClN5O2S. The Morgan fingerprint density at radius 1 is 1.43 bits per heavy atom. The first-order valence-corrected chi connectivity index (χ1v) is 8.07. The van der Waals surface area contributed by atoms with Crippen LogP contribution >= 0.6 is 22.9 Å².